The van der Waals surface area contributed by atoms with Crippen LogP contribution in [0.25, 0.3) is 117 Å². The Morgan fingerprint density at radius 1 is 0.404 bits per heavy atom. The van der Waals surface area contributed by atoms with Crippen LogP contribution in [-0.2, 0) is 0 Å². The predicted octanol–water partition coefficient (Wildman–Crippen LogP) is 13.4. The van der Waals surface area contributed by atoms with Crippen LogP contribution in [0.1, 0.15) is 21.9 Å². The van der Waals surface area contributed by atoms with E-state index in [0.717, 1.165) is 43.7 Å². The molecule has 0 radical (unpaired) electrons. The molecule has 0 amide bonds. The summed E-state index contributed by atoms with van der Waals surface area (Å²) in [5.41, 5.74) is 1.38. The molecule has 0 spiro atoms. The standard InChI is InChI=1S/C51H30N4O2/c1-2-11-31(12-3-1)33-13-10-14-34(29-33)50-52-49(53-51(54-50)35-23-26-39-37-15-5-8-19-44(37)56-46(39)30-35)32-21-24-36(25-22-32)55-42-18-7-4-17-41(42)47-43(55)28-27-40-38-16-6-9-20-45(38)57-48(40)47/h1-30H/i1D,2D,3D,5D,8D,10D,11D,12D,13D,14D,15D,19D,23D,26D,29D,30D. The first-order valence-electron chi connectivity index (χ1n) is 25.7. The number of para-hydroxylation sites is 3. The zero-order valence-electron chi connectivity index (χ0n) is 45.2. The number of nitrogens with zero attached hydrogens (tertiary/aromatic N) is 4. The summed E-state index contributed by atoms with van der Waals surface area (Å²) in [6, 6.07) is 15.7. The van der Waals surface area contributed by atoms with Crippen LogP contribution in [0.4, 0.5) is 0 Å². The van der Waals surface area contributed by atoms with Crippen LogP contribution >= 0.6 is 0 Å². The second kappa shape index (κ2) is 12.3. The third-order valence-corrected chi connectivity index (χ3v) is 9.91. The largest absolute Gasteiger partial charge is 0.456 e. The van der Waals surface area contributed by atoms with E-state index in [4.69, 9.17) is 31.6 Å². The molecule has 57 heavy (non-hydrogen) atoms. The third kappa shape index (κ3) is 5.01. The van der Waals surface area contributed by atoms with E-state index in [1.807, 2.05) is 60.7 Å². The summed E-state index contributed by atoms with van der Waals surface area (Å²) < 4.78 is 154. The minimum atomic E-state index is -0.800. The number of furan rings is 2. The second-order valence-electron chi connectivity index (χ2n) is 13.2. The molecule has 0 fully saturated rings. The minimum absolute atomic E-state index is 0.156. The zero-order valence-corrected chi connectivity index (χ0v) is 29.2. The van der Waals surface area contributed by atoms with Crippen molar-refractivity contribution in [2.45, 2.75) is 0 Å². The third-order valence-electron chi connectivity index (χ3n) is 9.91. The molecule has 0 bridgehead atoms. The molecule has 4 heterocycles. The van der Waals surface area contributed by atoms with Gasteiger partial charge in [0, 0.05) is 49.3 Å². The first kappa shape index (κ1) is 19.7. The molecule has 6 nitrogen and oxygen atoms in total. The van der Waals surface area contributed by atoms with Crippen LogP contribution < -0.4 is 0 Å². The van der Waals surface area contributed by atoms with Crippen LogP contribution in [0.3, 0.4) is 0 Å². The number of aromatic nitrogens is 4. The minimum Gasteiger partial charge on any atom is -0.456 e. The average Bonchev–Trinajstić information content (AvgIpc) is 4.09. The first-order chi connectivity index (χ1) is 34.9. The van der Waals surface area contributed by atoms with Gasteiger partial charge in [0.15, 0.2) is 17.5 Å². The molecule has 0 aliphatic heterocycles. The fourth-order valence-corrected chi connectivity index (χ4v) is 7.37. The smallest absolute Gasteiger partial charge is 0.164 e. The van der Waals surface area contributed by atoms with Gasteiger partial charge in [-0.25, -0.2) is 15.0 Å². The zero-order chi connectivity index (χ0) is 51.4. The highest BCUT2D eigenvalue weighted by Gasteiger charge is 2.20. The highest BCUT2D eigenvalue weighted by molar-refractivity contribution is 6.23. The normalized spacial score (nSPS) is 15.8. The summed E-state index contributed by atoms with van der Waals surface area (Å²) in [4.78, 5) is 13.9. The summed E-state index contributed by atoms with van der Waals surface area (Å²) in [5.74, 6) is -1.12. The van der Waals surface area contributed by atoms with Crippen LogP contribution in [0, 0.1) is 0 Å². The van der Waals surface area contributed by atoms with Gasteiger partial charge in [-0.1, -0.05) is 109 Å². The Morgan fingerprint density at radius 2 is 1.09 bits per heavy atom. The number of hydrogen-bond donors (Lipinski definition) is 0. The van der Waals surface area contributed by atoms with Crippen molar-refractivity contribution in [3.05, 3.63) is 182 Å². The van der Waals surface area contributed by atoms with E-state index in [9.17, 15) is 4.11 Å². The maximum Gasteiger partial charge on any atom is 0.164 e. The van der Waals surface area contributed by atoms with E-state index in [2.05, 4.69) is 14.5 Å². The van der Waals surface area contributed by atoms with Crippen molar-refractivity contribution in [2.75, 3.05) is 0 Å². The van der Waals surface area contributed by atoms with Gasteiger partial charge in [0.05, 0.1) is 38.4 Å². The van der Waals surface area contributed by atoms with Crippen molar-refractivity contribution in [3.63, 3.8) is 0 Å². The van der Waals surface area contributed by atoms with Crippen LogP contribution in [0.5, 0.6) is 0 Å². The van der Waals surface area contributed by atoms with Gasteiger partial charge in [-0.15, -0.1) is 0 Å². The van der Waals surface area contributed by atoms with Gasteiger partial charge in [0.2, 0.25) is 0 Å². The lowest BCUT2D eigenvalue weighted by Crippen LogP contribution is -2.01. The second-order valence-corrected chi connectivity index (χ2v) is 13.2. The van der Waals surface area contributed by atoms with Crippen molar-refractivity contribution in [1.29, 1.82) is 0 Å². The monoisotopic (exact) mass is 746 g/mol. The van der Waals surface area contributed by atoms with E-state index >= 15 is 0 Å². The number of benzene rings is 8. The number of hydrogen-bond acceptors (Lipinski definition) is 5. The lowest BCUT2D eigenvalue weighted by atomic mass is 10.0. The Bertz CT molecular complexity index is 4440. The highest BCUT2D eigenvalue weighted by Crippen LogP contribution is 2.41. The maximum atomic E-state index is 9.47. The summed E-state index contributed by atoms with van der Waals surface area (Å²) in [7, 11) is 0. The summed E-state index contributed by atoms with van der Waals surface area (Å²) in [6.07, 6.45) is 0. The van der Waals surface area contributed by atoms with Crippen molar-refractivity contribution in [3.8, 4) is 51.0 Å². The molecule has 0 saturated heterocycles. The fourth-order valence-electron chi connectivity index (χ4n) is 7.37. The molecule has 6 heteroatoms. The van der Waals surface area contributed by atoms with Crippen LogP contribution in [0.15, 0.2) is 190 Å². The Balaban J connectivity index is 1.11. The molecule has 0 saturated carbocycles. The van der Waals surface area contributed by atoms with E-state index < -0.39 is 131 Å². The van der Waals surface area contributed by atoms with Gasteiger partial charge in [-0.05, 0) is 83.8 Å². The van der Waals surface area contributed by atoms with E-state index in [0.29, 0.717) is 11.3 Å². The molecule has 0 aliphatic rings. The molecule has 12 rings (SSSR count). The highest BCUT2D eigenvalue weighted by atomic mass is 16.3. The first-order valence-corrected chi connectivity index (χ1v) is 17.7. The molecular weight excluding hydrogens is 701 g/mol. The van der Waals surface area contributed by atoms with Crippen LogP contribution in [0.2, 0.25) is 0 Å². The Labute approximate surface area is 348 Å². The molecule has 12 aromatic rings. The lowest BCUT2D eigenvalue weighted by Gasteiger charge is -2.11. The molecule has 0 unspecified atom stereocenters. The maximum absolute atomic E-state index is 9.47. The van der Waals surface area contributed by atoms with Crippen LogP contribution in [-0.4, -0.2) is 19.5 Å². The molecule has 0 atom stereocenters. The molecule has 0 aliphatic carbocycles. The van der Waals surface area contributed by atoms with E-state index in [-0.39, 0.29) is 27.8 Å². The van der Waals surface area contributed by atoms with Gasteiger partial charge >= 0.3 is 0 Å². The quantitative estimate of drug-likeness (QED) is 0.175. The van der Waals surface area contributed by atoms with Crippen molar-refractivity contribution < 1.29 is 30.8 Å². The van der Waals surface area contributed by atoms with Gasteiger partial charge in [0.1, 0.15) is 22.3 Å². The van der Waals surface area contributed by atoms with Crippen molar-refractivity contribution in [2.24, 2.45) is 0 Å². The number of fused-ring (bicyclic) bond motifs is 10. The Kier molecular flexibility index (Phi) is 4.26. The molecule has 8 aromatic carbocycles. The molecular formula is C51H30N4O2. The summed E-state index contributed by atoms with van der Waals surface area (Å²) >= 11 is 0. The summed E-state index contributed by atoms with van der Waals surface area (Å²) in [6.45, 7) is 0. The van der Waals surface area contributed by atoms with Crippen molar-refractivity contribution >= 4 is 65.7 Å². The number of rotatable bonds is 5. The Morgan fingerprint density at radius 3 is 1.95 bits per heavy atom. The lowest BCUT2D eigenvalue weighted by molar-refractivity contribution is 0.669. The van der Waals surface area contributed by atoms with Gasteiger partial charge in [-0.2, -0.15) is 0 Å². The van der Waals surface area contributed by atoms with E-state index in [1.165, 1.54) is 0 Å². The SMILES string of the molecule is [2H]c1c([2H])c([2H])c(-c2c([2H])c([2H])c([2H])c(-c3nc(-c4ccc(-n5c6ccccc6c6c7oc8ccccc8c7ccc65)cc4)nc(-c4c([2H])c([2H])c5c(oc6c([2H])c([2H])c([2H])c([2H])c65)c4[2H])n3)c2[2H])c([2H])c1[2H]. The average molecular weight is 747 g/mol. The predicted molar refractivity (Wildman–Crippen MR) is 230 cm³/mol. The fraction of sp³-hybridized carbons (Fsp3) is 0. The molecule has 266 valence electrons. The molecule has 0 N–H and O–H groups in total. The van der Waals surface area contributed by atoms with Gasteiger partial charge in [-0.3, -0.25) is 0 Å². The topological polar surface area (TPSA) is 69.9 Å². The molecule has 4 aromatic heterocycles. The summed E-state index contributed by atoms with van der Waals surface area (Å²) in [5, 5.41) is 3.34. The van der Waals surface area contributed by atoms with Crippen molar-refractivity contribution in [1.82, 2.24) is 19.5 Å². The van der Waals surface area contributed by atoms with Gasteiger partial charge in [0.25, 0.3) is 0 Å². The Hall–Kier alpha value is -7.83. The van der Waals surface area contributed by atoms with E-state index in [1.54, 1.807) is 24.3 Å². The van der Waals surface area contributed by atoms with Gasteiger partial charge < -0.3 is 13.4 Å².